The maximum Gasteiger partial charge on any atom is 0.0107 e. The quantitative estimate of drug-likeness (QED) is 0.524. The highest BCUT2D eigenvalue weighted by Crippen LogP contribution is 2.42. The summed E-state index contributed by atoms with van der Waals surface area (Å²) < 4.78 is 0. The van der Waals surface area contributed by atoms with Crippen LogP contribution in [0.2, 0.25) is 0 Å². The molecule has 0 saturated heterocycles. The highest BCUT2D eigenvalue weighted by molar-refractivity contribution is 5.10. The minimum Gasteiger partial charge on any atom is -0.315 e. The Labute approximate surface area is 100 Å². The van der Waals surface area contributed by atoms with Gasteiger partial charge in [-0.3, -0.25) is 0 Å². The van der Waals surface area contributed by atoms with Gasteiger partial charge in [-0.05, 0) is 50.2 Å². The lowest BCUT2D eigenvalue weighted by atomic mass is 9.94. The van der Waals surface area contributed by atoms with Gasteiger partial charge >= 0.3 is 0 Å². The molecule has 2 bridgehead atoms. The van der Waals surface area contributed by atoms with Crippen LogP contribution in [0, 0.1) is 17.8 Å². The molecule has 0 amide bonds. The molecule has 0 heterocycles. The van der Waals surface area contributed by atoms with Crippen molar-refractivity contribution in [3.63, 3.8) is 0 Å². The second-order valence-electron chi connectivity index (χ2n) is 5.27. The predicted molar refractivity (Wildman–Crippen MR) is 69.5 cm³/mol. The Morgan fingerprint density at radius 1 is 1.19 bits per heavy atom. The number of rotatable bonds is 7. The first-order valence-electron chi connectivity index (χ1n) is 6.94. The summed E-state index contributed by atoms with van der Waals surface area (Å²) in [6.07, 6.45) is 7.74. The van der Waals surface area contributed by atoms with Crippen LogP contribution in [0.15, 0.2) is 12.2 Å². The Hall–Kier alpha value is -0.340. The van der Waals surface area contributed by atoms with E-state index in [1.165, 1.54) is 39.0 Å². The number of nitrogens with zero attached hydrogens (tertiary/aromatic N) is 1. The topological polar surface area (TPSA) is 15.3 Å². The van der Waals surface area contributed by atoms with Gasteiger partial charge in [0.1, 0.15) is 0 Å². The largest absolute Gasteiger partial charge is 0.315 e. The Balaban J connectivity index is 1.57. The Morgan fingerprint density at radius 3 is 2.56 bits per heavy atom. The van der Waals surface area contributed by atoms with Gasteiger partial charge in [-0.25, -0.2) is 0 Å². The summed E-state index contributed by atoms with van der Waals surface area (Å²) in [5.41, 5.74) is 0. The second kappa shape index (κ2) is 5.83. The molecule has 1 N–H and O–H groups in total. The third-order valence-corrected chi connectivity index (χ3v) is 4.32. The molecule has 0 aromatic rings. The highest BCUT2D eigenvalue weighted by atomic mass is 15.1. The average Bonchev–Trinajstić information content (AvgIpc) is 2.91. The molecule has 2 heteroatoms. The second-order valence-corrected chi connectivity index (χ2v) is 5.27. The Bertz CT molecular complexity index is 233. The molecule has 3 atom stereocenters. The van der Waals surface area contributed by atoms with E-state index in [1.54, 1.807) is 0 Å². The molecule has 3 unspecified atom stereocenters. The molecular formula is C14H26N2. The monoisotopic (exact) mass is 222 g/mol. The van der Waals surface area contributed by atoms with Crippen molar-refractivity contribution in [3.8, 4) is 0 Å². The first kappa shape index (κ1) is 12.1. The van der Waals surface area contributed by atoms with Crippen LogP contribution in [0.5, 0.6) is 0 Å². The van der Waals surface area contributed by atoms with Crippen molar-refractivity contribution in [3.05, 3.63) is 12.2 Å². The summed E-state index contributed by atoms with van der Waals surface area (Å²) in [6.45, 7) is 10.4. The number of allylic oxidation sites excluding steroid dienone is 2. The molecule has 0 radical (unpaired) electrons. The van der Waals surface area contributed by atoms with E-state index in [0.29, 0.717) is 0 Å². The van der Waals surface area contributed by atoms with Crippen molar-refractivity contribution >= 4 is 0 Å². The Morgan fingerprint density at radius 2 is 2.00 bits per heavy atom. The SMILES string of the molecule is CCN(CC)CCNCC1CC2C=CC1C2. The van der Waals surface area contributed by atoms with E-state index in [-0.39, 0.29) is 0 Å². The average molecular weight is 222 g/mol. The molecule has 0 aliphatic heterocycles. The smallest absolute Gasteiger partial charge is 0.0107 e. The molecule has 2 rings (SSSR count). The summed E-state index contributed by atoms with van der Waals surface area (Å²) in [5, 5.41) is 3.64. The van der Waals surface area contributed by atoms with Gasteiger partial charge in [0.2, 0.25) is 0 Å². The van der Waals surface area contributed by atoms with E-state index in [4.69, 9.17) is 0 Å². The van der Waals surface area contributed by atoms with Crippen LogP contribution in [0.1, 0.15) is 26.7 Å². The van der Waals surface area contributed by atoms with E-state index >= 15 is 0 Å². The molecule has 0 spiro atoms. The normalized spacial score (nSPS) is 31.8. The molecule has 2 nitrogen and oxygen atoms in total. The van der Waals surface area contributed by atoms with Gasteiger partial charge in [-0.1, -0.05) is 26.0 Å². The number of hydrogen-bond acceptors (Lipinski definition) is 2. The van der Waals surface area contributed by atoms with Gasteiger partial charge < -0.3 is 10.2 Å². The zero-order chi connectivity index (χ0) is 11.4. The maximum absolute atomic E-state index is 3.64. The third-order valence-electron chi connectivity index (χ3n) is 4.32. The lowest BCUT2D eigenvalue weighted by Gasteiger charge is -2.21. The van der Waals surface area contributed by atoms with Gasteiger partial charge in [-0.15, -0.1) is 0 Å². The molecule has 16 heavy (non-hydrogen) atoms. The van der Waals surface area contributed by atoms with Gasteiger partial charge in [0.25, 0.3) is 0 Å². The van der Waals surface area contributed by atoms with Crippen LogP contribution in [-0.4, -0.2) is 37.6 Å². The zero-order valence-corrected chi connectivity index (χ0v) is 10.8. The molecule has 1 saturated carbocycles. The van der Waals surface area contributed by atoms with Crippen LogP contribution in [0.3, 0.4) is 0 Å². The molecule has 2 aliphatic rings. The van der Waals surface area contributed by atoms with E-state index in [9.17, 15) is 0 Å². The summed E-state index contributed by atoms with van der Waals surface area (Å²) in [4.78, 5) is 2.48. The number of fused-ring (bicyclic) bond motifs is 2. The number of hydrogen-bond donors (Lipinski definition) is 1. The van der Waals surface area contributed by atoms with Crippen LogP contribution in [0.25, 0.3) is 0 Å². The van der Waals surface area contributed by atoms with Crippen LogP contribution in [0.4, 0.5) is 0 Å². The maximum atomic E-state index is 3.64. The number of nitrogens with one attached hydrogen (secondary N) is 1. The molecule has 92 valence electrons. The van der Waals surface area contributed by atoms with Crippen molar-refractivity contribution in [2.45, 2.75) is 26.7 Å². The third kappa shape index (κ3) is 2.86. The van der Waals surface area contributed by atoms with Crippen molar-refractivity contribution in [2.24, 2.45) is 17.8 Å². The molecule has 1 fully saturated rings. The predicted octanol–water partition coefficient (Wildman–Crippen LogP) is 2.13. The zero-order valence-electron chi connectivity index (χ0n) is 10.8. The van der Waals surface area contributed by atoms with Gasteiger partial charge in [0.05, 0.1) is 0 Å². The molecule has 2 aliphatic carbocycles. The number of likely N-dealkylation sites (N-methyl/N-ethyl adjacent to an activating group) is 1. The fraction of sp³-hybridized carbons (Fsp3) is 0.857. The van der Waals surface area contributed by atoms with E-state index in [1.807, 2.05) is 0 Å². The minimum absolute atomic E-state index is 0.894. The van der Waals surface area contributed by atoms with E-state index in [0.717, 1.165) is 24.3 Å². The first-order chi connectivity index (χ1) is 7.83. The summed E-state index contributed by atoms with van der Waals surface area (Å²) in [7, 11) is 0. The van der Waals surface area contributed by atoms with Crippen molar-refractivity contribution in [1.82, 2.24) is 10.2 Å². The molecule has 0 aromatic heterocycles. The van der Waals surface area contributed by atoms with E-state index < -0.39 is 0 Å². The van der Waals surface area contributed by atoms with Crippen molar-refractivity contribution in [1.29, 1.82) is 0 Å². The summed E-state index contributed by atoms with van der Waals surface area (Å²) in [5.74, 6) is 2.73. The van der Waals surface area contributed by atoms with Gasteiger partial charge in [0.15, 0.2) is 0 Å². The van der Waals surface area contributed by atoms with Gasteiger partial charge in [-0.2, -0.15) is 0 Å². The van der Waals surface area contributed by atoms with Gasteiger partial charge in [0, 0.05) is 13.1 Å². The summed E-state index contributed by atoms with van der Waals surface area (Å²) >= 11 is 0. The highest BCUT2D eigenvalue weighted by Gasteiger charge is 2.34. The fourth-order valence-electron chi connectivity index (χ4n) is 3.19. The van der Waals surface area contributed by atoms with Crippen molar-refractivity contribution < 1.29 is 0 Å². The Kier molecular flexibility index (Phi) is 4.42. The standard InChI is InChI=1S/C14H26N2/c1-3-16(4-2)8-7-15-11-14-10-12-5-6-13(14)9-12/h5-6,12-15H,3-4,7-11H2,1-2H3. The van der Waals surface area contributed by atoms with Crippen molar-refractivity contribution in [2.75, 3.05) is 32.7 Å². The molecular weight excluding hydrogens is 196 g/mol. The lowest BCUT2D eigenvalue weighted by Crippen LogP contribution is -2.34. The van der Waals surface area contributed by atoms with Crippen LogP contribution in [-0.2, 0) is 0 Å². The fourth-order valence-corrected chi connectivity index (χ4v) is 3.19. The first-order valence-corrected chi connectivity index (χ1v) is 6.94. The van der Waals surface area contributed by atoms with Crippen LogP contribution >= 0.6 is 0 Å². The minimum atomic E-state index is 0.894. The summed E-state index contributed by atoms with van der Waals surface area (Å²) in [6, 6.07) is 0. The van der Waals surface area contributed by atoms with Crippen LogP contribution < -0.4 is 5.32 Å². The van der Waals surface area contributed by atoms with E-state index in [2.05, 4.69) is 36.2 Å². The lowest BCUT2D eigenvalue weighted by molar-refractivity contribution is 0.296. The molecule has 0 aromatic carbocycles.